The van der Waals surface area contributed by atoms with E-state index in [9.17, 15) is 9.18 Å². The summed E-state index contributed by atoms with van der Waals surface area (Å²) >= 11 is 0. The summed E-state index contributed by atoms with van der Waals surface area (Å²) in [7, 11) is 1.52. The van der Waals surface area contributed by atoms with Crippen molar-refractivity contribution in [2.24, 2.45) is 5.16 Å². The van der Waals surface area contributed by atoms with Crippen molar-refractivity contribution in [1.29, 1.82) is 0 Å². The second-order valence-corrected chi connectivity index (χ2v) is 8.76. The van der Waals surface area contributed by atoms with Gasteiger partial charge in [-0.3, -0.25) is 9.30 Å². The molecule has 1 aromatic carbocycles. The van der Waals surface area contributed by atoms with E-state index in [1.54, 1.807) is 30.5 Å². The molecule has 2 atom stereocenters. The molecule has 4 heterocycles. The normalized spacial score (nSPS) is 23.3. The van der Waals surface area contributed by atoms with Crippen LogP contribution in [0.4, 0.5) is 4.39 Å². The van der Waals surface area contributed by atoms with Crippen LogP contribution in [0.25, 0.3) is 5.65 Å². The second kappa shape index (κ2) is 9.44. The molecular formula is C24H28FN5O3. The highest BCUT2D eigenvalue weighted by molar-refractivity contribution is 5.85. The van der Waals surface area contributed by atoms with E-state index in [1.165, 1.54) is 22.3 Å². The molecule has 2 fully saturated rings. The fourth-order valence-corrected chi connectivity index (χ4v) is 5.13. The van der Waals surface area contributed by atoms with E-state index in [0.717, 1.165) is 31.4 Å². The van der Waals surface area contributed by atoms with Gasteiger partial charge in [0.15, 0.2) is 5.65 Å². The molecule has 2 unspecified atom stereocenters. The number of halogens is 1. The molecule has 0 amide bonds. The third-order valence-corrected chi connectivity index (χ3v) is 6.68. The molecule has 9 heteroatoms. The van der Waals surface area contributed by atoms with Crippen LogP contribution >= 0.6 is 0 Å². The van der Waals surface area contributed by atoms with E-state index in [2.05, 4.69) is 15.2 Å². The Balaban J connectivity index is 1.24. The van der Waals surface area contributed by atoms with Crippen molar-refractivity contribution in [3.8, 4) is 0 Å². The van der Waals surface area contributed by atoms with Gasteiger partial charge < -0.3 is 9.57 Å². The number of fused-ring (bicyclic) bond motifs is 3. The van der Waals surface area contributed by atoms with Crippen LogP contribution in [0.5, 0.6) is 0 Å². The Bertz CT molecular complexity index is 1190. The van der Waals surface area contributed by atoms with Crippen LogP contribution in [0.3, 0.4) is 0 Å². The first-order valence-corrected chi connectivity index (χ1v) is 11.4. The van der Waals surface area contributed by atoms with Crippen molar-refractivity contribution in [2.45, 2.75) is 57.0 Å². The van der Waals surface area contributed by atoms with Crippen molar-refractivity contribution in [1.82, 2.24) is 19.1 Å². The van der Waals surface area contributed by atoms with Gasteiger partial charge >= 0.3 is 5.69 Å². The summed E-state index contributed by atoms with van der Waals surface area (Å²) in [5.74, 6) is -0.222. The number of pyridine rings is 1. The Hall–Kier alpha value is -3.04. The minimum absolute atomic E-state index is 0.113. The van der Waals surface area contributed by atoms with Crippen LogP contribution < -0.4 is 5.69 Å². The monoisotopic (exact) mass is 453 g/mol. The van der Waals surface area contributed by atoms with Crippen molar-refractivity contribution in [2.75, 3.05) is 13.7 Å². The average molecular weight is 454 g/mol. The molecule has 0 N–H and O–H groups in total. The van der Waals surface area contributed by atoms with Gasteiger partial charge in [0.25, 0.3) is 0 Å². The largest absolute Gasteiger partial charge is 0.399 e. The van der Waals surface area contributed by atoms with Crippen molar-refractivity contribution < 1.29 is 14.0 Å². The maximum Gasteiger partial charge on any atom is 0.350 e. The Morgan fingerprint density at radius 1 is 1.12 bits per heavy atom. The molecule has 174 valence electrons. The first kappa shape index (κ1) is 21.8. The van der Waals surface area contributed by atoms with Crippen LogP contribution in [0, 0.1) is 5.82 Å². The highest BCUT2D eigenvalue weighted by atomic mass is 19.1. The number of aromatic nitrogens is 3. The van der Waals surface area contributed by atoms with Crippen LogP contribution in [-0.4, -0.2) is 56.6 Å². The summed E-state index contributed by atoms with van der Waals surface area (Å²) in [6.45, 7) is 1.19. The fourth-order valence-electron chi connectivity index (χ4n) is 5.13. The molecule has 8 nitrogen and oxygen atoms in total. The number of hydrogen-bond donors (Lipinski definition) is 0. The van der Waals surface area contributed by atoms with Crippen molar-refractivity contribution in [3.63, 3.8) is 0 Å². The number of piperidine rings is 1. The Kier molecular flexibility index (Phi) is 6.24. The molecule has 2 saturated heterocycles. The van der Waals surface area contributed by atoms with Gasteiger partial charge in [-0.05, 0) is 43.9 Å². The highest BCUT2D eigenvalue weighted by Crippen LogP contribution is 2.37. The van der Waals surface area contributed by atoms with Gasteiger partial charge in [-0.2, -0.15) is 0 Å². The summed E-state index contributed by atoms with van der Waals surface area (Å²) in [4.78, 5) is 20.2. The molecular weight excluding hydrogens is 425 g/mol. The van der Waals surface area contributed by atoms with Crippen LogP contribution in [0.1, 0.15) is 31.2 Å². The standard InChI is InChI=1S/C24H28FN5O3/c1-32-27-18(15-30-24(31)28-11-5-4-8-23(28)26-30)14-29-19-9-10-20(29)13-21(12-19)33-16-17-6-2-3-7-22(17)25/h2-8,11,19-21H,9-10,12-16H2,1H3. The Labute approximate surface area is 191 Å². The summed E-state index contributed by atoms with van der Waals surface area (Å²) in [5.41, 5.74) is 1.76. The van der Waals surface area contributed by atoms with Crippen molar-refractivity contribution >= 4 is 11.4 Å². The predicted octanol–water partition coefficient (Wildman–Crippen LogP) is 2.85. The molecule has 0 spiro atoms. The second-order valence-electron chi connectivity index (χ2n) is 8.76. The molecule has 5 rings (SSSR count). The summed E-state index contributed by atoms with van der Waals surface area (Å²) in [5, 5.41) is 8.63. The average Bonchev–Trinajstić information content (AvgIpc) is 3.24. The SMILES string of the molecule is CON=C(CN1C2CCC1CC(OCc1ccccc1F)C2)Cn1nc2ccccn2c1=O. The number of oxime groups is 1. The molecule has 0 saturated carbocycles. The van der Waals surface area contributed by atoms with Crippen molar-refractivity contribution in [3.05, 3.63) is 70.5 Å². The van der Waals surface area contributed by atoms with Gasteiger partial charge in [0, 0.05) is 30.4 Å². The quantitative estimate of drug-likeness (QED) is 0.387. The minimum Gasteiger partial charge on any atom is -0.399 e. The molecule has 0 aliphatic carbocycles. The number of hydrogen-bond acceptors (Lipinski definition) is 6. The molecule has 2 aliphatic heterocycles. The van der Waals surface area contributed by atoms with Gasteiger partial charge in [-0.15, -0.1) is 5.10 Å². The first-order valence-electron chi connectivity index (χ1n) is 11.4. The zero-order valence-electron chi connectivity index (χ0n) is 18.6. The fraction of sp³-hybridized carbons (Fsp3) is 0.458. The summed E-state index contributed by atoms with van der Waals surface area (Å²) in [6, 6.07) is 13.0. The molecule has 0 radical (unpaired) electrons. The van der Waals surface area contributed by atoms with Gasteiger partial charge in [0.05, 0.1) is 25.0 Å². The lowest BCUT2D eigenvalue weighted by Crippen LogP contribution is -2.48. The van der Waals surface area contributed by atoms with Crippen LogP contribution in [-0.2, 0) is 22.7 Å². The van der Waals surface area contributed by atoms with Gasteiger partial charge in [-0.1, -0.05) is 29.4 Å². The highest BCUT2D eigenvalue weighted by Gasteiger charge is 2.41. The van der Waals surface area contributed by atoms with Gasteiger partial charge in [-0.25, -0.2) is 13.9 Å². The molecule has 2 aromatic heterocycles. The predicted molar refractivity (Wildman–Crippen MR) is 122 cm³/mol. The lowest BCUT2D eigenvalue weighted by molar-refractivity contribution is -0.0251. The maximum absolute atomic E-state index is 13.9. The zero-order valence-corrected chi connectivity index (χ0v) is 18.6. The van der Waals surface area contributed by atoms with E-state index in [0.29, 0.717) is 36.4 Å². The lowest BCUT2D eigenvalue weighted by atomic mass is 9.99. The zero-order chi connectivity index (χ0) is 22.8. The lowest BCUT2D eigenvalue weighted by Gasteiger charge is -2.38. The topological polar surface area (TPSA) is 73.4 Å². The van der Waals surface area contributed by atoms with E-state index < -0.39 is 0 Å². The van der Waals surface area contributed by atoms with E-state index in [1.807, 2.05) is 12.1 Å². The summed E-state index contributed by atoms with van der Waals surface area (Å²) < 4.78 is 23.0. The first-order chi connectivity index (χ1) is 16.1. The third-order valence-electron chi connectivity index (χ3n) is 6.68. The molecule has 2 aliphatic rings. The Morgan fingerprint density at radius 2 is 1.88 bits per heavy atom. The van der Waals surface area contributed by atoms with Gasteiger partial charge in [0.2, 0.25) is 0 Å². The number of nitrogens with zero attached hydrogens (tertiary/aromatic N) is 5. The number of benzene rings is 1. The van der Waals surface area contributed by atoms with Gasteiger partial charge in [0.1, 0.15) is 12.9 Å². The summed E-state index contributed by atoms with van der Waals surface area (Å²) in [6.07, 6.45) is 5.82. The molecule has 2 bridgehead atoms. The molecule has 33 heavy (non-hydrogen) atoms. The van der Waals surface area contributed by atoms with E-state index in [4.69, 9.17) is 9.57 Å². The third kappa shape index (κ3) is 4.56. The molecule has 3 aromatic rings. The minimum atomic E-state index is -0.222. The smallest absolute Gasteiger partial charge is 0.350 e. The van der Waals surface area contributed by atoms with Crippen LogP contribution in [0.2, 0.25) is 0 Å². The van der Waals surface area contributed by atoms with Crippen LogP contribution in [0.15, 0.2) is 58.6 Å². The number of rotatable bonds is 8. The van der Waals surface area contributed by atoms with E-state index in [-0.39, 0.29) is 24.2 Å². The van der Waals surface area contributed by atoms with E-state index >= 15 is 0 Å². The Morgan fingerprint density at radius 3 is 2.61 bits per heavy atom. The number of ether oxygens (including phenoxy) is 1. The maximum atomic E-state index is 13.9.